The van der Waals surface area contributed by atoms with Gasteiger partial charge in [-0.05, 0) is 99.8 Å². The van der Waals surface area contributed by atoms with Crippen LogP contribution in [-0.2, 0) is 4.79 Å². The first-order valence-electron chi connectivity index (χ1n) is 15.7. The molecule has 3 aromatic carbocycles. The zero-order valence-electron chi connectivity index (χ0n) is 26.0. The van der Waals surface area contributed by atoms with Gasteiger partial charge in [-0.15, -0.1) is 0 Å². The summed E-state index contributed by atoms with van der Waals surface area (Å²) in [7, 11) is 1.59. The number of ketones is 1. The number of methoxy groups -OCH3 is 1. The first kappa shape index (κ1) is 33.0. The zero-order chi connectivity index (χ0) is 31.1. The lowest BCUT2D eigenvalue weighted by molar-refractivity contribution is -0.123. The number of carbonyl (C=O) groups is 2. The molecule has 1 heterocycles. The van der Waals surface area contributed by atoms with Gasteiger partial charge in [0.2, 0.25) is 5.91 Å². The van der Waals surface area contributed by atoms with Crippen LogP contribution < -0.4 is 19.5 Å². The molecule has 2 N–H and O–H groups in total. The van der Waals surface area contributed by atoms with Crippen LogP contribution in [0, 0.1) is 6.92 Å². The van der Waals surface area contributed by atoms with Crippen LogP contribution in [0.5, 0.6) is 17.2 Å². The summed E-state index contributed by atoms with van der Waals surface area (Å²) in [6.45, 7) is 5.65. The molecule has 1 saturated heterocycles. The highest BCUT2D eigenvalue weighted by Crippen LogP contribution is 2.23. The standard InChI is InChI=1S/C36H46N2O6/c1-27-10-16-31(17-11-27)43-24-7-25-44-32-20-14-29(15-21-32)36(41)33(26-38-22-5-6-23-38)37-35(40)9-4-3-8-34(39)28-12-18-30(42-2)19-13-28/h10-21,33,36,41H,3-9,22-26H2,1-2H3,(H,37,40)/t33-,36-/m1/s1. The third-order valence-corrected chi connectivity index (χ3v) is 7.92. The van der Waals surface area contributed by atoms with Crippen LogP contribution >= 0.6 is 0 Å². The van der Waals surface area contributed by atoms with Crippen molar-refractivity contribution in [3.8, 4) is 17.2 Å². The lowest BCUT2D eigenvalue weighted by Crippen LogP contribution is -2.46. The number of amides is 1. The van der Waals surface area contributed by atoms with E-state index in [0.29, 0.717) is 56.8 Å². The minimum absolute atomic E-state index is 0.0541. The Morgan fingerprint density at radius 3 is 1.98 bits per heavy atom. The summed E-state index contributed by atoms with van der Waals surface area (Å²) in [5.74, 6) is 2.23. The minimum Gasteiger partial charge on any atom is -0.497 e. The molecule has 0 aromatic heterocycles. The van der Waals surface area contributed by atoms with Gasteiger partial charge < -0.3 is 29.5 Å². The third-order valence-electron chi connectivity index (χ3n) is 7.92. The van der Waals surface area contributed by atoms with Crippen LogP contribution in [0.3, 0.4) is 0 Å². The van der Waals surface area contributed by atoms with Gasteiger partial charge in [0.1, 0.15) is 23.4 Å². The molecule has 0 saturated carbocycles. The molecule has 2 atom stereocenters. The van der Waals surface area contributed by atoms with Gasteiger partial charge in [0.25, 0.3) is 0 Å². The largest absolute Gasteiger partial charge is 0.497 e. The van der Waals surface area contributed by atoms with E-state index in [1.807, 2.05) is 55.5 Å². The molecule has 0 aliphatic carbocycles. The Balaban J connectivity index is 1.21. The monoisotopic (exact) mass is 602 g/mol. The zero-order valence-corrected chi connectivity index (χ0v) is 26.0. The molecule has 44 heavy (non-hydrogen) atoms. The van der Waals surface area contributed by atoms with Crippen molar-refractivity contribution in [2.75, 3.05) is 40.0 Å². The summed E-state index contributed by atoms with van der Waals surface area (Å²) in [6, 6.07) is 22.0. The molecule has 8 heteroatoms. The fourth-order valence-corrected chi connectivity index (χ4v) is 5.31. The van der Waals surface area contributed by atoms with Gasteiger partial charge in [0.15, 0.2) is 5.78 Å². The summed E-state index contributed by atoms with van der Waals surface area (Å²) in [6.07, 6.45) is 4.06. The van der Waals surface area contributed by atoms with Crippen molar-refractivity contribution in [3.05, 3.63) is 89.5 Å². The number of unbranched alkanes of at least 4 members (excludes halogenated alkanes) is 1. The number of ether oxygens (including phenoxy) is 3. The van der Waals surface area contributed by atoms with Gasteiger partial charge in [0, 0.05) is 31.4 Å². The van der Waals surface area contributed by atoms with Crippen LogP contribution in [0.15, 0.2) is 72.8 Å². The average molecular weight is 603 g/mol. The number of likely N-dealkylation sites (tertiary alicyclic amines) is 1. The number of Topliss-reactive ketones (excluding diaryl/α,β-unsaturated/α-hetero) is 1. The first-order valence-corrected chi connectivity index (χ1v) is 15.7. The fraction of sp³-hybridized carbons (Fsp3) is 0.444. The van der Waals surface area contributed by atoms with E-state index >= 15 is 0 Å². The van der Waals surface area contributed by atoms with E-state index in [-0.39, 0.29) is 11.7 Å². The second-order valence-corrected chi connectivity index (χ2v) is 11.4. The smallest absolute Gasteiger partial charge is 0.220 e. The summed E-state index contributed by atoms with van der Waals surface area (Å²) in [5, 5.41) is 14.4. The predicted octanol–water partition coefficient (Wildman–Crippen LogP) is 5.91. The molecule has 4 rings (SSSR count). The molecule has 236 valence electrons. The van der Waals surface area contributed by atoms with Crippen molar-refractivity contribution in [3.63, 3.8) is 0 Å². The summed E-state index contributed by atoms with van der Waals surface area (Å²) >= 11 is 0. The van der Waals surface area contributed by atoms with Crippen LogP contribution in [0.4, 0.5) is 0 Å². The van der Waals surface area contributed by atoms with Crippen LogP contribution in [-0.4, -0.2) is 67.7 Å². The third kappa shape index (κ3) is 10.7. The van der Waals surface area contributed by atoms with Crippen molar-refractivity contribution in [1.29, 1.82) is 0 Å². The first-order chi connectivity index (χ1) is 21.4. The van der Waals surface area contributed by atoms with E-state index in [0.717, 1.165) is 49.4 Å². The van der Waals surface area contributed by atoms with Gasteiger partial charge >= 0.3 is 0 Å². The molecule has 8 nitrogen and oxygen atoms in total. The molecule has 0 radical (unpaired) electrons. The Morgan fingerprint density at radius 1 is 0.795 bits per heavy atom. The lowest BCUT2D eigenvalue weighted by Gasteiger charge is -2.29. The molecular formula is C36H46N2O6. The average Bonchev–Trinajstić information content (AvgIpc) is 3.56. The van der Waals surface area contributed by atoms with E-state index in [1.54, 1.807) is 31.4 Å². The molecule has 1 amide bonds. The van der Waals surface area contributed by atoms with Gasteiger partial charge in [-0.3, -0.25) is 9.59 Å². The number of rotatable bonds is 18. The van der Waals surface area contributed by atoms with Gasteiger partial charge in [-0.25, -0.2) is 0 Å². The van der Waals surface area contributed by atoms with Crippen LogP contribution in [0.2, 0.25) is 0 Å². The van der Waals surface area contributed by atoms with Crippen molar-refractivity contribution >= 4 is 11.7 Å². The van der Waals surface area contributed by atoms with E-state index in [1.165, 1.54) is 5.56 Å². The summed E-state index contributed by atoms with van der Waals surface area (Å²) in [4.78, 5) is 27.7. The Kier molecular flexibility index (Phi) is 13.1. The van der Waals surface area contributed by atoms with Crippen molar-refractivity contribution in [1.82, 2.24) is 10.2 Å². The maximum absolute atomic E-state index is 12.9. The molecule has 3 aromatic rings. The number of hydrogen-bond acceptors (Lipinski definition) is 7. The molecule has 0 unspecified atom stereocenters. The highest BCUT2D eigenvalue weighted by molar-refractivity contribution is 5.96. The molecule has 1 aliphatic heterocycles. The Bertz CT molecular complexity index is 1290. The van der Waals surface area contributed by atoms with E-state index in [9.17, 15) is 14.7 Å². The van der Waals surface area contributed by atoms with Crippen molar-refractivity contribution < 1.29 is 28.9 Å². The molecule has 0 spiro atoms. The molecule has 1 fully saturated rings. The van der Waals surface area contributed by atoms with Crippen molar-refractivity contribution in [2.24, 2.45) is 0 Å². The number of carbonyl (C=O) groups excluding carboxylic acids is 2. The van der Waals surface area contributed by atoms with Crippen LogP contribution in [0.1, 0.15) is 72.5 Å². The fourth-order valence-electron chi connectivity index (χ4n) is 5.31. The van der Waals surface area contributed by atoms with E-state index < -0.39 is 12.1 Å². The maximum atomic E-state index is 12.9. The number of aliphatic hydroxyl groups is 1. The Morgan fingerprint density at radius 2 is 1.36 bits per heavy atom. The highest BCUT2D eigenvalue weighted by atomic mass is 16.5. The predicted molar refractivity (Wildman–Crippen MR) is 172 cm³/mol. The summed E-state index contributed by atoms with van der Waals surface area (Å²) in [5.41, 5.74) is 2.58. The number of nitrogens with zero attached hydrogens (tertiary/aromatic N) is 1. The minimum atomic E-state index is -0.854. The lowest BCUT2D eigenvalue weighted by atomic mass is 10.0. The topological polar surface area (TPSA) is 97.3 Å². The second-order valence-electron chi connectivity index (χ2n) is 11.4. The molecule has 0 bridgehead atoms. The number of hydrogen-bond donors (Lipinski definition) is 2. The van der Waals surface area contributed by atoms with Crippen LogP contribution in [0.25, 0.3) is 0 Å². The highest BCUT2D eigenvalue weighted by Gasteiger charge is 2.26. The van der Waals surface area contributed by atoms with E-state index in [4.69, 9.17) is 14.2 Å². The molecular weight excluding hydrogens is 556 g/mol. The number of aliphatic hydroxyl groups excluding tert-OH is 1. The van der Waals surface area contributed by atoms with Gasteiger partial charge in [-0.2, -0.15) is 0 Å². The quantitative estimate of drug-likeness (QED) is 0.138. The van der Waals surface area contributed by atoms with Gasteiger partial charge in [0.05, 0.1) is 26.4 Å². The molecule has 1 aliphatic rings. The number of aryl methyl sites for hydroxylation is 1. The Hall–Kier alpha value is -3.88. The number of nitrogens with one attached hydrogen (secondary N) is 1. The van der Waals surface area contributed by atoms with Gasteiger partial charge in [-0.1, -0.05) is 29.8 Å². The van der Waals surface area contributed by atoms with E-state index in [2.05, 4.69) is 10.2 Å². The number of benzene rings is 3. The second kappa shape index (κ2) is 17.4. The SMILES string of the molecule is COc1ccc(C(=O)CCCCC(=O)N[C@H](CN2CCCC2)[C@H](O)c2ccc(OCCCOc3ccc(C)cc3)cc2)cc1. The Labute approximate surface area is 261 Å². The maximum Gasteiger partial charge on any atom is 0.220 e. The normalized spacial score (nSPS) is 14.5. The summed E-state index contributed by atoms with van der Waals surface area (Å²) < 4.78 is 16.8. The van der Waals surface area contributed by atoms with Crippen molar-refractivity contribution in [2.45, 2.75) is 64.0 Å².